The van der Waals surface area contributed by atoms with Crippen LogP contribution in [0.2, 0.25) is 0 Å². The molecule has 164 valence electrons. The number of halogens is 2. The molecule has 3 aromatic rings. The predicted molar refractivity (Wildman–Crippen MR) is 115 cm³/mol. The molecule has 31 heavy (non-hydrogen) atoms. The Kier molecular flexibility index (Phi) is 7.42. The molecule has 1 atom stereocenters. The molecule has 0 aliphatic heterocycles. The molecule has 3 rings (SSSR count). The minimum atomic E-state index is -2.93. The Morgan fingerprint density at radius 2 is 2.03 bits per heavy atom. The Labute approximate surface area is 179 Å². The molecule has 7 nitrogen and oxygen atoms in total. The van der Waals surface area contributed by atoms with Crippen LogP contribution in [0.4, 0.5) is 8.78 Å². The Bertz CT molecular complexity index is 1010. The van der Waals surface area contributed by atoms with E-state index in [9.17, 15) is 8.78 Å². The zero-order valence-electron chi connectivity index (χ0n) is 17.5. The Morgan fingerprint density at radius 1 is 1.19 bits per heavy atom. The molecule has 0 saturated carbocycles. The molecule has 1 aromatic heterocycles. The van der Waals surface area contributed by atoms with Gasteiger partial charge in [0, 0.05) is 37.6 Å². The van der Waals surface area contributed by atoms with Crippen LogP contribution in [0, 0.1) is 0 Å². The first-order valence-corrected chi connectivity index (χ1v) is 9.69. The van der Waals surface area contributed by atoms with Gasteiger partial charge in [-0.25, -0.2) is 4.68 Å². The number of ether oxygens (including phenoxy) is 2. The molecule has 0 radical (unpaired) electrons. The molecule has 0 aliphatic carbocycles. The molecule has 0 aliphatic rings. The van der Waals surface area contributed by atoms with Crippen LogP contribution in [-0.2, 0) is 6.54 Å². The molecule has 0 amide bonds. The van der Waals surface area contributed by atoms with Crippen LogP contribution in [-0.4, -0.2) is 36.5 Å². The molecule has 0 spiro atoms. The molecule has 2 aromatic carbocycles. The Balaban J connectivity index is 1.67. The van der Waals surface area contributed by atoms with Crippen molar-refractivity contribution in [3.8, 4) is 17.2 Å². The third-order valence-electron chi connectivity index (χ3n) is 4.65. The lowest BCUT2D eigenvalue weighted by atomic mass is 10.1. The summed E-state index contributed by atoms with van der Waals surface area (Å²) in [6, 6.07) is 14.6. The fourth-order valence-corrected chi connectivity index (χ4v) is 3.03. The standard InChI is InChI=1S/C22H25F2N5O2/c1-15(16-6-4-7-18(12-16)29-11-5-10-27-29)28-22(25-2)26-14-17-8-9-19(30-3)13-20(17)31-21(23)24/h4-13,15,21H,14H2,1-3H3,(H2,25,26,28). The van der Waals surface area contributed by atoms with Crippen molar-refractivity contribution in [3.05, 3.63) is 72.1 Å². The van der Waals surface area contributed by atoms with Gasteiger partial charge in [-0.15, -0.1) is 0 Å². The quantitative estimate of drug-likeness (QED) is 0.420. The monoisotopic (exact) mass is 429 g/mol. The van der Waals surface area contributed by atoms with E-state index in [1.807, 2.05) is 43.5 Å². The number of benzene rings is 2. The first-order valence-electron chi connectivity index (χ1n) is 9.69. The van der Waals surface area contributed by atoms with Gasteiger partial charge in [0.1, 0.15) is 11.5 Å². The van der Waals surface area contributed by atoms with Crippen LogP contribution in [0.5, 0.6) is 11.5 Å². The molecule has 9 heteroatoms. The van der Waals surface area contributed by atoms with E-state index in [-0.39, 0.29) is 18.3 Å². The number of nitrogens with zero attached hydrogens (tertiary/aromatic N) is 3. The third-order valence-corrected chi connectivity index (χ3v) is 4.65. The van der Waals surface area contributed by atoms with E-state index < -0.39 is 6.61 Å². The van der Waals surface area contributed by atoms with Gasteiger partial charge in [0.2, 0.25) is 0 Å². The molecule has 2 N–H and O–H groups in total. The second kappa shape index (κ2) is 10.4. The Hall–Kier alpha value is -3.62. The van der Waals surface area contributed by atoms with Crippen LogP contribution in [0.25, 0.3) is 5.69 Å². The minimum Gasteiger partial charge on any atom is -0.497 e. The van der Waals surface area contributed by atoms with Crippen molar-refractivity contribution in [1.82, 2.24) is 20.4 Å². The van der Waals surface area contributed by atoms with E-state index >= 15 is 0 Å². The number of guanidine groups is 1. The number of aromatic nitrogens is 2. The van der Waals surface area contributed by atoms with Crippen molar-refractivity contribution in [1.29, 1.82) is 0 Å². The van der Waals surface area contributed by atoms with Crippen molar-refractivity contribution in [3.63, 3.8) is 0 Å². The second-order valence-corrected chi connectivity index (χ2v) is 6.69. The van der Waals surface area contributed by atoms with Gasteiger partial charge < -0.3 is 20.1 Å². The van der Waals surface area contributed by atoms with Crippen LogP contribution >= 0.6 is 0 Å². The van der Waals surface area contributed by atoms with Crippen LogP contribution < -0.4 is 20.1 Å². The number of nitrogens with one attached hydrogen (secondary N) is 2. The number of aliphatic imine (C=N–C) groups is 1. The van der Waals surface area contributed by atoms with Gasteiger partial charge in [0.25, 0.3) is 0 Å². The highest BCUT2D eigenvalue weighted by molar-refractivity contribution is 5.80. The summed E-state index contributed by atoms with van der Waals surface area (Å²) >= 11 is 0. The smallest absolute Gasteiger partial charge is 0.387 e. The van der Waals surface area contributed by atoms with Crippen molar-refractivity contribution < 1.29 is 18.3 Å². The lowest BCUT2D eigenvalue weighted by Gasteiger charge is -2.20. The van der Waals surface area contributed by atoms with Crippen LogP contribution in [0.1, 0.15) is 24.1 Å². The van der Waals surface area contributed by atoms with Gasteiger partial charge in [0.15, 0.2) is 5.96 Å². The summed E-state index contributed by atoms with van der Waals surface area (Å²) in [5.41, 5.74) is 2.55. The Morgan fingerprint density at radius 3 is 2.71 bits per heavy atom. The summed E-state index contributed by atoms with van der Waals surface area (Å²) < 4.78 is 37.0. The van der Waals surface area contributed by atoms with E-state index in [0.717, 1.165) is 11.3 Å². The lowest BCUT2D eigenvalue weighted by Crippen LogP contribution is -2.38. The van der Waals surface area contributed by atoms with E-state index in [0.29, 0.717) is 17.3 Å². The van der Waals surface area contributed by atoms with Crippen molar-refractivity contribution in [2.24, 2.45) is 4.99 Å². The number of hydrogen-bond donors (Lipinski definition) is 2. The average Bonchev–Trinajstić information content (AvgIpc) is 3.31. The highest BCUT2D eigenvalue weighted by Gasteiger charge is 2.13. The van der Waals surface area contributed by atoms with E-state index in [1.54, 1.807) is 30.1 Å². The summed E-state index contributed by atoms with van der Waals surface area (Å²) in [5, 5.41) is 10.7. The van der Waals surface area contributed by atoms with Crippen molar-refractivity contribution in [2.75, 3.05) is 14.2 Å². The molecule has 0 bridgehead atoms. The van der Waals surface area contributed by atoms with E-state index in [1.165, 1.54) is 13.2 Å². The molecular weight excluding hydrogens is 404 g/mol. The topological polar surface area (TPSA) is 72.7 Å². The summed E-state index contributed by atoms with van der Waals surface area (Å²) in [7, 11) is 3.11. The summed E-state index contributed by atoms with van der Waals surface area (Å²) in [4.78, 5) is 4.23. The maximum Gasteiger partial charge on any atom is 0.387 e. The first kappa shape index (κ1) is 22.1. The molecule has 1 unspecified atom stereocenters. The highest BCUT2D eigenvalue weighted by atomic mass is 19.3. The summed E-state index contributed by atoms with van der Waals surface area (Å²) in [6.45, 7) is -0.676. The largest absolute Gasteiger partial charge is 0.497 e. The molecule has 0 fully saturated rings. The van der Waals surface area contributed by atoms with Crippen LogP contribution in [0.15, 0.2) is 65.9 Å². The summed E-state index contributed by atoms with van der Waals surface area (Å²) in [6.07, 6.45) is 3.61. The van der Waals surface area contributed by atoms with Crippen molar-refractivity contribution in [2.45, 2.75) is 26.1 Å². The van der Waals surface area contributed by atoms with Gasteiger partial charge in [-0.3, -0.25) is 4.99 Å². The molecular formula is C22H25F2N5O2. The third kappa shape index (κ3) is 5.94. The van der Waals surface area contributed by atoms with Crippen molar-refractivity contribution >= 4 is 5.96 Å². The normalized spacial score (nSPS) is 12.5. The van der Waals surface area contributed by atoms with Gasteiger partial charge in [-0.2, -0.15) is 13.9 Å². The van der Waals surface area contributed by atoms with Crippen LogP contribution in [0.3, 0.4) is 0 Å². The zero-order valence-corrected chi connectivity index (χ0v) is 17.5. The summed E-state index contributed by atoms with van der Waals surface area (Å²) in [5.74, 6) is 1.01. The van der Waals surface area contributed by atoms with Gasteiger partial charge in [-0.05, 0) is 42.8 Å². The zero-order chi connectivity index (χ0) is 22.2. The average molecular weight is 429 g/mol. The predicted octanol–water partition coefficient (Wildman–Crippen LogP) is 3.91. The van der Waals surface area contributed by atoms with Gasteiger partial charge >= 0.3 is 6.61 Å². The first-order chi connectivity index (χ1) is 15.0. The van der Waals surface area contributed by atoms with E-state index in [4.69, 9.17) is 4.74 Å². The highest BCUT2D eigenvalue weighted by Crippen LogP contribution is 2.26. The SMILES string of the molecule is CN=C(NCc1ccc(OC)cc1OC(F)F)NC(C)c1cccc(-n2cccn2)c1. The number of rotatable bonds is 8. The maximum absolute atomic E-state index is 12.8. The number of alkyl halides is 2. The maximum atomic E-state index is 12.8. The molecule has 0 saturated heterocycles. The minimum absolute atomic E-state index is 0.0530. The fourth-order valence-electron chi connectivity index (χ4n) is 3.03. The second-order valence-electron chi connectivity index (χ2n) is 6.69. The molecule has 1 heterocycles. The van der Waals surface area contributed by atoms with Gasteiger partial charge in [-0.1, -0.05) is 12.1 Å². The van der Waals surface area contributed by atoms with Gasteiger partial charge in [0.05, 0.1) is 18.8 Å². The number of hydrogen-bond acceptors (Lipinski definition) is 4. The van der Waals surface area contributed by atoms with E-state index in [2.05, 4.69) is 25.5 Å². The number of methoxy groups -OCH3 is 1. The fraction of sp³-hybridized carbons (Fsp3) is 0.273. The lowest BCUT2D eigenvalue weighted by molar-refractivity contribution is -0.0505.